The van der Waals surface area contributed by atoms with E-state index < -0.39 is 10.0 Å². The van der Waals surface area contributed by atoms with Crippen LogP contribution in [0, 0.1) is 0 Å². The standard InChI is InChI=1S/C22H22Cl2N2O3S/c1-26(2)15-20(17-10-13-21(23)22(24)14-17)16-8-11-18(12-9-16)29-25-30(27,28)19-6-4-3-5-7-19/h3-14,20,25H,15H2,1-2H3. The summed E-state index contributed by atoms with van der Waals surface area (Å²) in [6.07, 6.45) is 0. The SMILES string of the molecule is CN(C)CC(c1ccc(ONS(=O)(=O)c2ccccc2)cc1)c1ccc(Cl)c(Cl)c1. The predicted octanol–water partition coefficient (Wildman–Crippen LogP) is 4.96. The van der Waals surface area contributed by atoms with Gasteiger partial charge in [0.15, 0.2) is 0 Å². The lowest BCUT2D eigenvalue weighted by atomic mass is 9.91. The summed E-state index contributed by atoms with van der Waals surface area (Å²) in [6.45, 7) is 0.763. The Morgan fingerprint density at radius 1 is 0.900 bits per heavy atom. The van der Waals surface area contributed by atoms with Gasteiger partial charge in [0.1, 0.15) is 5.75 Å². The number of hydrogen-bond acceptors (Lipinski definition) is 4. The van der Waals surface area contributed by atoms with E-state index in [1.54, 1.807) is 36.4 Å². The van der Waals surface area contributed by atoms with Crippen LogP contribution in [0.15, 0.2) is 77.7 Å². The second-order valence-corrected chi connectivity index (χ2v) is 9.52. The zero-order chi connectivity index (χ0) is 21.7. The van der Waals surface area contributed by atoms with E-state index in [0.717, 1.165) is 17.7 Å². The van der Waals surface area contributed by atoms with Crippen molar-refractivity contribution in [1.29, 1.82) is 0 Å². The molecule has 5 nitrogen and oxygen atoms in total. The molecule has 0 heterocycles. The minimum Gasteiger partial charge on any atom is -0.394 e. The highest BCUT2D eigenvalue weighted by molar-refractivity contribution is 7.89. The van der Waals surface area contributed by atoms with Gasteiger partial charge in [0, 0.05) is 12.5 Å². The largest absolute Gasteiger partial charge is 0.394 e. The molecule has 1 atom stereocenters. The number of rotatable bonds is 8. The average Bonchev–Trinajstić information content (AvgIpc) is 2.74. The molecule has 3 aromatic rings. The van der Waals surface area contributed by atoms with Crippen LogP contribution in [0.3, 0.4) is 0 Å². The number of hydrogen-bond donors (Lipinski definition) is 1. The first kappa shape index (κ1) is 22.6. The second kappa shape index (κ2) is 9.81. The summed E-state index contributed by atoms with van der Waals surface area (Å²) in [7, 11) is 0.242. The molecule has 158 valence electrons. The van der Waals surface area contributed by atoms with Crippen LogP contribution >= 0.6 is 23.2 Å². The van der Waals surface area contributed by atoms with E-state index in [4.69, 9.17) is 28.0 Å². The summed E-state index contributed by atoms with van der Waals surface area (Å²) in [5.74, 6) is 0.445. The Labute approximate surface area is 187 Å². The van der Waals surface area contributed by atoms with Crippen molar-refractivity contribution >= 4 is 33.2 Å². The maximum Gasteiger partial charge on any atom is 0.271 e. The summed E-state index contributed by atoms with van der Waals surface area (Å²) >= 11 is 12.3. The van der Waals surface area contributed by atoms with E-state index in [-0.39, 0.29) is 10.8 Å². The number of benzene rings is 3. The summed E-state index contributed by atoms with van der Waals surface area (Å²) in [5.41, 5.74) is 2.08. The maximum absolute atomic E-state index is 12.3. The summed E-state index contributed by atoms with van der Waals surface area (Å²) in [6, 6.07) is 20.9. The minimum absolute atomic E-state index is 0.0600. The lowest BCUT2D eigenvalue weighted by Gasteiger charge is -2.22. The number of sulfonamides is 1. The van der Waals surface area contributed by atoms with Gasteiger partial charge >= 0.3 is 0 Å². The van der Waals surface area contributed by atoms with Crippen molar-refractivity contribution in [2.24, 2.45) is 0 Å². The molecule has 30 heavy (non-hydrogen) atoms. The molecule has 0 spiro atoms. The highest BCUT2D eigenvalue weighted by Gasteiger charge is 2.18. The zero-order valence-corrected chi connectivity index (χ0v) is 18.9. The quantitative estimate of drug-likeness (QED) is 0.478. The van der Waals surface area contributed by atoms with E-state index in [1.165, 1.54) is 12.1 Å². The topological polar surface area (TPSA) is 58.6 Å². The Kier molecular flexibility index (Phi) is 7.39. The van der Waals surface area contributed by atoms with Crippen molar-refractivity contribution in [2.75, 3.05) is 20.6 Å². The normalized spacial score (nSPS) is 12.7. The van der Waals surface area contributed by atoms with Gasteiger partial charge in [-0.1, -0.05) is 59.6 Å². The molecule has 0 radical (unpaired) electrons. The van der Waals surface area contributed by atoms with Crippen molar-refractivity contribution in [3.05, 3.63) is 94.0 Å². The van der Waals surface area contributed by atoms with Crippen LogP contribution in [0.4, 0.5) is 0 Å². The van der Waals surface area contributed by atoms with Crippen molar-refractivity contribution in [2.45, 2.75) is 10.8 Å². The number of nitrogens with one attached hydrogen (secondary N) is 1. The van der Waals surface area contributed by atoms with Crippen molar-refractivity contribution in [3.63, 3.8) is 0 Å². The van der Waals surface area contributed by atoms with Gasteiger partial charge in [-0.15, -0.1) is 0 Å². The molecule has 1 unspecified atom stereocenters. The molecule has 0 aliphatic carbocycles. The lowest BCUT2D eigenvalue weighted by molar-refractivity contribution is 0.269. The van der Waals surface area contributed by atoms with Gasteiger partial charge in [-0.25, -0.2) is 8.42 Å². The predicted molar refractivity (Wildman–Crippen MR) is 121 cm³/mol. The van der Waals surface area contributed by atoms with Gasteiger partial charge in [0.25, 0.3) is 10.0 Å². The van der Waals surface area contributed by atoms with E-state index in [9.17, 15) is 8.42 Å². The number of likely N-dealkylation sites (N-methyl/N-ethyl adjacent to an activating group) is 1. The fourth-order valence-electron chi connectivity index (χ4n) is 3.02. The smallest absolute Gasteiger partial charge is 0.271 e. The first-order valence-corrected chi connectivity index (χ1v) is 11.4. The Balaban J connectivity index is 1.77. The van der Waals surface area contributed by atoms with Crippen LogP contribution < -0.4 is 9.72 Å². The fraction of sp³-hybridized carbons (Fsp3) is 0.182. The highest BCUT2D eigenvalue weighted by Crippen LogP contribution is 2.31. The molecule has 0 aliphatic rings. The molecular formula is C22H22Cl2N2O3S. The van der Waals surface area contributed by atoms with Gasteiger partial charge in [-0.2, -0.15) is 0 Å². The molecule has 3 aromatic carbocycles. The molecule has 0 saturated carbocycles. The monoisotopic (exact) mass is 464 g/mol. The van der Waals surface area contributed by atoms with Crippen LogP contribution in [0.1, 0.15) is 17.0 Å². The van der Waals surface area contributed by atoms with E-state index in [0.29, 0.717) is 15.8 Å². The minimum atomic E-state index is -3.76. The molecule has 0 bridgehead atoms. The van der Waals surface area contributed by atoms with Crippen LogP contribution in [0.2, 0.25) is 10.0 Å². The molecular weight excluding hydrogens is 443 g/mol. The summed E-state index contributed by atoms with van der Waals surface area (Å²) in [5, 5.41) is 1.02. The van der Waals surface area contributed by atoms with E-state index in [2.05, 4.69) is 9.79 Å². The molecule has 8 heteroatoms. The first-order valence-electron chi connectivity index (χ1n) is 9.19. The van der Waals surface area contributed by atoms with Crippen molar-refractivity contribution in [3.8, 4) is 5.75 Å². The molecule has 3 rings (SSSR count). The van der Waals surface area contributed by atoms with Crippen molar-refractivity contribution in [1.82, 2.24) is 9.79 Å². The molecule has 1 N–H and O–H groups in total. The van der Waals surface area contributed by atoms with E-state index >= 15 is 0 Å². The summed E-state index contributed by atoms with van der Waals surface area (Å²) in [4.78, 5) is 9.67. The Morgan fingerprint density at radius 2 is 1.53 bits per heavy atom. The number of nitrogens with zero attached hydrogens (tertiary/aromatic N) is 1. The third-order valence-electron chi connectivity index (χ3n) is 4.50. The van der Waals surface area contributed by atoms with Crippen LogP contribution in [0.5, 0.6) is 5.75 Å². The molecule has 0 saturated heterocycles. The zero-order valence-electron chi connectivity index (χ0n) is 16.5. The second-order valence-electron chi connectivity index (χ2n) is 7.06. The highest BCUT2D eigenvalue weighted by atomic mass is 35.5. The molecule has 0 amide bonds. The van der Waals surface area contributed by atoms with Gasteiger partial charge < -0.3 is 9.74 Å². The Bertz CT molecular complexity index is 1090. The summed E-state index contributed by atoms with van der Waals surface area (Å²) < 4.78 is 24.6. The lowest BCUT2D eigenvalue weighted by Crippen LogP contribution is -2.27. The molecule has 0 aromatic heterocycles. The van der Waals surface area contributed by atoms with Gasteiger partial charge in [0.2, 0.25) is 0 Å². The Morgan fingerprint density at radius 3 is 2.13 bits per heavy atom. The van der Waals surface area contributed by atoms with Gasteiger partial charge in [0.05, 0.1) is 14.9 Å². The maximum atomic E-state index is 12.3. The molecule has 0 fully saturated rings. The first-order chi connectivity index (χ1) is 14.3. The number of halogens is 2. The fourth-order valence-corrected chi connectivity index (χ4v) is 4.14. The van der Waals surface area contributed by atoms with Gasteiger partial charge in [-0.05, 0) is 66.5 Å². The van der Waals surface area contributed by atoms with Crippen molar-refractivity contribution < 1.29 is 13.3 Å². The third-order valence-corrected chi connectivity index (χ3v) is 6.43. The van der Waals surface area contributed by atoms with Gasteiger partial charge in [-0.3, -0.25) is 0 Å². The van der Waals surface area contributed by atoms with Crippen LogP contribution in [-0.4, -0.2) is 34.0 Å². The Hall–Kier alpha value is -2.09. The molecule has 0 aliphatic heterocycles. The van der Waals surface area contributed by atoms with E-state index in [1.807, 2.05) is 38.4 Å². The third kappa shape index (κ3) is 5.74. The average molecular weight is 465 g/mol. The van der Waals surface area contributed by atoms with Crippen LogP contribution in [0.25, 0.3) is 0 Å². The van der Waals surface area contributed by atoms with Crippen LogP contribution in [-0.2, 0) is 10.0 Å².